The van der Waals surface area contributed by atoms with Crippen LogP contribution in [0.15, 0.2) is 71.2 Å². The number of hydrogen-bond donors (Lipinski definition) is 2. The number of hydrogen-bond acceptors (Lipinski definition) is 3. The van der Waals surface area contributed by atoms with Gasteiger partial charge in [0.1, 0.15) is 5.82 Å². The van der Waals surface area contributed by atoms with Crippen molar-refractivity contribution in [2.24, 2.45) is 0 Å². The minimum absolute atomic E-state index is 0.238. The van der Waals surface area contributed by atoms with Crippen LogP contribution >= 0.6 is 15.9 Å². The maximum atomic E-state index is 13.1. The lowest BCUT2D eigenvalue weighted by Crippen LogP contribution is -2.26. The lowest BCUT2D eigenvalue weighted by molar-refractivity contribution is 0.0949. The predicted octanol–water partition coefficient (Wildman–Crippen LogP) is 5.61. The van der Waals surface area contributed by atoms with Gasteiger partial charge in [-0.2, -0.15) is 0 Å². The summed E-state index contributed by atoms with van der Waals surface area (Å²) in [6.45, 7) is 7.42. The Balaban J connectivity index is 1.69. The zero-order chi connectivity index (χ0) is 23.8. The number of halogens is 2. The van der Waals surface area contributed by atoms with Crippen LogP contribution in [0.2, 0.25) is 0 Å². The number of nitrogens with one attached hydrogen (secondary N) is 2. The first-order chi connectivity index (χ1) is 15.9. The van der Waals surface area contributed by atoms with E-state index in [0.29, 0.717) is 27.8 Å². The van der Waals surface area contributed by atoms with E-state index in [9.17, 15) is 14.0 Å². The highest BCUT2D eigenvalue weighted by Gasteiger charge is 2.13. The van der Waals surface area contributed by atoms with Gasteiger partial charge in [0.05, 0.1) is 5.69 Å². The molecule has 0 spiro atoms. The van der Waals surface area contributed by atoms with Gasteiger partial charge in [0.2, 0.25) is 0 Å². The molecule has 0 aliphatic carbocycles. The van der Waals surface area contributed by atoms with Gasteiger partial charge >= 0.3 is 0 Å². The minimum Gasteiger partial charge on any atom is -0.348 e. The summed E-state index contributed by atoms with van der Waals surface area (Å²) in [7, 11) is 0. The van der Waals surface area contributed by atoms with Gasteiger partial charge in [-0.05, 0) is 82.6 Å². The summed E-state index contributed by atoms with van der Waals surface area (Å²) in [5.74, 6) is -1.04. The molecule has 0 radical (unpaired) electrons. The Morgan fingerprint density at radius 1 is 0.879 bits per heavy atom. The first kappa shape index (κ1) is 24.6. The Labute approximate surface area is 202 Å². The van der Waals surface area contributed by atoms with Gasteiger partial charge in [0.25, 0.3) is 11.8 Å². The summed E-state index contributed by atoms with van der Waals surface area (Å²) in [5.41, 5.74) is 3.46. The highest BCUT2D eigenvalue weighted by Crippen LogP contribution is 2.24. The molecular formula is C26H27BrFN3O2. The van der Waals surface area contributed by atoms with E-state index in [-0.39, 0.29) is 5.91 Å². The Kier molecular flexibility index (Phi) is 8.74. The van der Waals surface area contributed by atoms with Crippen LogP contribution < -0.4 is 10.6 Å². The van der Waals surface area contributed by atoms with Crippen LogP contribution in [-0.2, 0) is 13.1 Å². The van der Waals surface area contributed by atoms with Crippen LogP contribution in [-0.4, -0.2) is 29.8 Å². The molecule has 3 aromatic carbocycles. The van der Waals surface area contributed by atoms with Crippen LogP contribution in [0.5, 0.6) is 0 Å². The van der Waals surface area contributed by atoms with Crippen LogP contribution in [0.25, 0.3) is 0 Å². The van der Waals surface area contributed by atoms with Crippen molar-refractivity contribution < 1.29 is 14.0 Å². The standard InChI is InChI=1S/C26H27BrFN3O2/c1-3-31(4-2)17-21-8-6-5-7-20(21)16-29-25(32)19-11-14-23(27)24(15-19)30-26(33)18-9-12-22(28)13-10-18/h5-15H,3-4,16-17H2,1-2H3,(H,29,32)(H,30,33). The molecule has 172 valence electrons. The number of benzene rings is 3. The largest absolute Gasteiger partial charge is 0.348 e. The summed E-state index contributed by atoms with van der Waals surface area (Å²) in [5, 5.41) is 5.74. The molecule has 33 heavy (non-hydrogen) atoms. The Hall–Kier alpha value is -3.03. The van der Waals surface area contributed by atoms with E-state index in [1.165, 1.54) is 29.8 Å². The third kappa shape index (κ3) is 6.73. The van der Waals surface area contributed by atoms with Crippen LogP contribution in [0.3, 0.4) is 0 Å². The second-order valence-electron chi connectivity index (χ2n) is 7.57. The third-order valence-electron chi connectivity index (χ3n) is 5.43. The fourth-order valence-corrected chi connectivity index (χ4v) is 3.75. The van der Waals surface area contributed by atoms with E-state index in [1.807, 2.05) is 18.2 Å². The molecule has 3 rings (SSSR count). The van der Waals surface area contributed by atoms with Crippen molar-refractivity contribution in [1.29, 1.82) is 0 Å². The van der Waals surface area contributed by atoms with Gasteiger partial charge in [-0.25, -0.2) is 4.39 Å². The second kappa shape index (κ2) is 11.7. The molecule has 0 saturated heterocycles. The lowest BCUT2D eigenvalue weighted by Gasteiger charge is -2.20. The van der Waals surface area contributed by atoms with Gasteiger partial charge in [-0.3, -0.25) is 14.5 Å². The highest BCUT2D eigenvalue weighted by atomic mass is 79.9. The number of nitrogens with zero attached hydrogens (tertiary/aromatic N) is 1. The van der Waals surface area contributed by atoms with Gasteiger partial charge in [-0.15, -0.1) is 0 Å². The zero-order valence-corrected chi connectivity index (χ0v) is 20.3. The zero-order valence-electron chi connectivity index (χ0n) is 18.7. The van der Waals surface area contributed by atoms with E-state index >= 15 is 0 Å². The minimum atomic E-state index is -0.412. The molecule has 0 aliphatic rings. The van der Waals surface area contributed by atoms with Crippen LogP contribution in [0.1, 0.15) is 45.7 Å². The van der Waals surface area contributed by atoms with E-state index < -0.39 is 11.7 Å². The molecule has 0 aliphatic heterocycles. The van der Waals surface area contributed by atoms with Gasteiger partial charge < -0.3 is 10.6 Å². The van der Waals surface area contributed by atoms with Crippen molar-refractivity contribution in [2.75, 3.05) is 18.4 Å². The Morgan fingerprint density at radius 2 is 1.52 bits per heavy atom. The molecule has 0 fully saturated rings. The molecule has 0 saturated carbocycles. The summed E-state index contributed by atoms with van der Waals surface area (Å²) in [6.07, 6.45) is 0. The summed E-state index contributed by atoms with van der Waals surface area (Å²) in [6, 6.07) is 18.4. The van der Waals surface area contributed by atoms with Crippen molar-refractivity contribution >= 4 is 33.4 Å². The van der Waals surface area contributed by atoms with E-state index in [4.69, 9.17) is 0 Å². The molecule has 7 heteroatoms. The molecule has 0 heterocycles. The quantitative estimate of drug-likeness (QED) is 0.392. The topological polar surface area (TPSA) is 61.4 Å². The van der Waals surface area contributed by atoms with Crippen molar-refractivity contribution in [3.8, 4) is 0 Å². The van der Waals surface area contributed by atoms with Crippen molar-refractivity contribution in [3.05, 3.63) is 99.3 Å². The van der Waals surface area contributed by atoms with Crippen LogP contribution in [0, 0.1) is 5.82 Å². The molecule has 3 aromatic rings. The molecule has 0 aromatic heterocycles. The predicted molar refractivity (Wildman–Crippen MR) is 133 cm³/mol. The number of carbonyl (C=O) groups is 2. The molecular weight excluding hydrogens is 485 g/mol. The maximum absolute atomic E-state index is 13.1. The summed E-state index contributed by atoms with van der Waals surface area (Å²) >= 11 is 3.40. The maximum Gasteiger partial charge on any atom is 0.255 e. The third-order valence-corrected chi connectivity index (χ3v) is 6.12. The first-order valence-corrected chi connectivity index (χ1v) is 11.6. The Bertz CT molecular complexity index is 1110. The molecule has 0 bridgehead atoms. The van der Waals surface area contributed by atoms with E-state index in [0.717, 1.165) is 25.2 Å². The smallest absolute Gasteiger partial charge is 0.255 e. The normalized spacial score (nSPS) is 10.8. The Morgan fingerprint density at radius 3 is 2.18 bits per heavy atom. The first-order valence-electron chi connectivity index (χ1n) is 10.8. The SMILES string of the molecule is CCN(CC)Cc1ccccc1CNC(=O)c1ccc(Br)c(NC(=O)c2ccc(F)cc2)c1. The van der Waals surface area contributed by atoms with Gasteiger partial charge in [0.15, 0.2) is 0 Å². The molecule has 2 N–H and O–H groups in total. The van der Waals surface area contributed by atoms with Gasteiger partial charge in [-0.1, -0.05) is 38.1 Å². The molecule has 2 amide bonds. The molecule has 0 atom stereocenters. The number of carbonyl (C=O) groups excluding carboxylic acids is 2. The van der Waals surface area contributed by atoms with E-state index in [1.54, 1.807) is 18.2 Å². The number of rotatable bonds is 9. The highest BCUT2D eigenvalue weighted by molar-refractivity contribution is 9.10. The lowest BCUT2D eigenvalue weighted by atomic mass is 10.1. The van der Waals surface area contributed by atoms with Crippen molar-refractivity contribution in [3.63, 3.8) is 0 Å². The molecule has 0 unspecified atom stereocenters. The van der Waals surface area contributed by atoms with Gasteiger partial charge in [0, 0.05) is 28.7 Å². The summed E-state index contributed by atoms with van der Waals surface area (Å²) < 4.78 is 13.8. The number of amides is 2. The van der Waals surface area contributed by atoms with Crippen molar-refractivity contribution in [2.45, 2.75) is 26.9 Å². The van der Waals surface area contributed by atoms with E-state index in [2.05, 4.69) is 51.4 Å². The number of anilines is 1. The van der Waals surface area contributed by atoms with Crippen molar-refractivity contribution in [1.82, 2.24) is 10.2 Å². The fourth-order valence-electron chi connectivity index (χ4n) is 3.41. The fraction of sp³-hybridized carbons (Fsp3) is 0.231. The average molecular weight is 512 g/mol. The molecule has 5 nitrogen and oxygen atoms in total. The second-order valence-corrected chi connectivity index (χ2v) is 8.42. The summed E-state index contributed by atoms with van der Waals surface area (Å²) in [4.78, 5) is 27.6. The van der Waals surface area contributed by atoms with Crippen LogP contribution in [0.4, 0.5) is 10.1 Å². The average Bonchev–Trinajstić information content (AvgIpc) is 2.83. The monoisotopic (exact) mass is 511 g/mol.